The van der Waals surface area contributed by atoms with Gasteiger partial charge in [0.2, 0.25) is 0 Å². The van der Waals surface area contributed by atoms with E-state index >= 15 is 0 Å². The molecule has 0 radical (unpaired) electrons. The molecule has 0 aliphatic heterocycles. The van der Waals surface area contributed by atoms with E-state index < -0.39 is 5.97 Å². The number of anilines is 1. The Hall–Kier alpha value is -3.13. The number of hydrogen-bond acceptors (Lipinski definition) is 5. The third kappa shape index (κ3) is 6.18. The number of pyridine rings is 1. The number of hydrogen-bond donors (Lipinski definition) is 3. The Labute approximate surface area is 169 Å². The van der Waals surface area contributed by atoms with Crippen molar-refractivity contribution in [1.82, 2.24) is 15.2 Å². The Bertz CT molecular complexity index is 807. The molecule has 0 spiro atoms. The van der Waals surface area contributed by atoms with Crippen molar-refractivity contribution in [3.8, 4) is 5.75 Å². The van der Waals surface area contributed by atoms with E-state index in [1.165, 1.54) is 0 Å². The quantitative estimate of drug-likeness (QED) is 0.600. The standard InChI is InChI=1S/C21H26N4O4/c1-2-25(13-20(26)27)18-11-17(12-18)24-21(28)23-16-3-5-19(6-4-16)29-14-15-7-9-22-10-8-15/h3-10,17-18H,2,11-14H2,1H3,(H,26,27)(H2,23,24,28). The molecule has 0 bridgehead atoms. The highest BCUT2D eigenvalue weighted by Gasteiger charge is 2.34. The maximum absolute atomic E-state index is 12.2. The molecular formula is C21H26N4O4. The number of nitrogens with zero attached hydrogens (tertiary/aromatic N) is 2. The molecular weight excluding hydrogens is 372 g/mol. The van der Waals surface area contributed by atoms with E-state index in [9.17, 15) is 9.59 Å². The van der Waals surface area contributed by atoms with Crippen molar-refractivity contribution in [3.05, 3.63) is 54.4 Å². The predicted molar refractivity (Wildman–Crippen MR) is 109 cm³/mol. The highest BCUT2D eigenvalue weighted by molar-refractivity contribution is 5.89. The second kappa shape index (κ2) is 9.88. The zero-order chi connectivity index (χ0) is 20.6. The van der Waals surface area contributed by atoms with E-state index in [-0.39, 0.29) is 24.7 Å². The first-order valence-corrected chi connectivity index (χ1v) is 9.68. The first kappa shape index (κ1) is 20.6. The molecule has 0 unspecified atom stereocenters. The van der Waals surface area contributed by atoms with E-state index in [0.29, 0.717) is 24.6 Å². The van der Waals surface area contributed by atoms with Gasteiger partial charge in [0, 0.05) is 30.2 Å². The summed E-state index contributed by atoms with van der Waals surface area (Å²) in [6, 6.07) is 11.0. The molecule has 8 nitrogen and oxygen atoms in total. The van der Waals surface area contributed by atoms with Gasteiger partial charge in [-0.1, -0.05) is 6.92 Å². The van der Waals surface area contributed by atoms with Crippen LogP contribution in [0.25, 0.3) is 0 Å². The molecule has 29 heavy (non-hydrogen) atoms. The zero-order valence-corrected chi connectivity index (χ0v) is 16.4. The van der Waals surface area contributed by atoms with Crippen molar-refractivity contribution in [1.29, 1.82) is 0 Å². The molecule has 3 rings (SSSR count). The molecule has 154 valence electrons. The number of aliphatic carboxylic acids is 1. The highest BCUT2D eigenvalue weighted by Crippen LogP contribution is 2.25. The Morgan fingerprint density at radius 3 is 2.48 bits per heavy atom. The lowest BCUT2D eigenvalue weighted by atomic mass is 9.85. The van der Waals surface area contributed by atoms with Crippen LogP contribution in [-0.4, -0.2) is 52.2 Å². The number of urea groups is 1. The van der Waals surface area contributed by atoms with Gasteiger partial charge in [-0.3, -0.25) is 14.7 Å². The van der Waals surface area contributed by atoms with E-state index in [1.54, 1.807) is 36.7 Å². The molecule has 1 aromatic heterocycles. The van der Waals surface area contributed by atoms with Crippen LogP contribution in [0.4, 0.5) is 10.5 Å². The normalized spacial score (nSPS) is 18.0. The summed E-state index contributed by atoms with van der Waals surface area (Å²) in [7, 11) is 0. The SMILES string of the molecule is CCN(CC(=O)O)C1CC(NC(=O)Nc2ccc(OCc3ccncc3)cc2)C1. The number of carboxylic acid groups (broad SMARTS) is 1. The molecule has 1 aromatic carbocycles. The number of amides is 2. The van der Waals surface area contributed by atoms with Crippen LogP contribution in [0.2, 0.25) is 0 Å². The first-order chi connectivity index (χ1) is 14.0. The fourth-order valence-corrected chi connectivity index (χ4v) is 3.31. The second-order valence-electron chi connectivity index (χ2n) is 7.05. The van der Waals surface area contributed by atoms with E-state index in [2.05, 4.69) is 15.6 Å². The van der Waals surface area contributed by atoms with Crippen molar-refractivity contribution in [2.45, 2.75) is 38.5 Å². The summed E-state index contributed by atoms with van der Waals surface area (Å²) in [4.78, 5) is 28.9. The van der Waals surface area contributed by atoms with Gasteiger partial charge in [-0.15, -0.1) is 0 Å². The predicted octanol–water partition coefficient (Wildman–Crippen LogP) is 2.72. The van der Waals surface area contributed by atoms with Crippen molar-refractivity contribution in [3.63, 3.8) is 0 Å². The van der Waals surface area contributed by atoms with Crippen molar-refractivity contribution in [2.75, 3.05) is 18.4 Å². The Balaban J connectivity index is 1.39. The summed E-state index contributed by atoms with van der Waals surface area (Å²) in [6.07, 6.45) is 4.97. The zero-order valence-electron chi connectivity index (χ0n) is 16.4. The Morgan fingerprint density at radius 2 is 1.86 bits per heavy atom. The molecule has 1 fully saturated rings. The third-order valence-corrected chi connectivity index (χ3v) is 4.98. The number of likely N-dealkylation sites (N-methyl/N-ethyl adjacent to an activating group) is 1. The van der Waals surface area contributed by atoms with E-state index in [4.69, 9.17) is 9.84 Å². The minimum absolute atomic E-state index is 0.0374. The van der Waals surface area contributed by atoms with Crippen molar-refractivity contribution >= 4 is 17.7 Å². The van der Waals surface area contributed by atoms with Crippen molar-refractivity contribution in [2.24, 2.45) is 0 Å². The lowest BCUT2D eigenvalue weighted by molar-refractivity contribution is -0.139. The van der Waals surface area contributed by atoms with Crippen molar-refractivity contribution < 1.29 is 19.4 Å². The van der Waals surface area contributed by atoms with Gasteiger partial charge in [-0.05, 0) is 61.3 Å². The topological polar surface area (TPSA) is 104 Å². The van der Waals surface area contributed by atoms with Gasteiger partial charge < -0.3 is 20.5 Å². The first-order valence-electron chi connectivity index (χ1n) is 9.68. The van der Waals surface area contributed by atoms with E-state index in [0.717, 1.165) is 18.4 Å². The minimum atomic E-state index is -0.825. The molecule has 0 saturated heterocycles. The number of rotatable bonds is 9. The fourth-order valence-electron chi connectivity index (χ4n) is 3.31. The van der Waals surface area contributed by atoms with Crippen LogP contribution in [0, 0.1) is 0 Å². The van der Waals surface area contributed by atoms with Crippen LogP contribution in [0.3, 0.4) is 0 Å². The molecule has 3 N–H and O–H groups in total. The lowest BCUT2D eigenvalue weighted by Crippen LogP contribution is -2.55. The summed E-state index contributed by atoms with van der Waals surface area (Å²) in [5.41, 5.74) is 1.71. The number of aromatic nitrogens is 1. The van der Waals surface area contributed by atoms with Gasteiger partial charge in [-0.25, -0.2) is 4.79 Å². The summed E-state index contributed by atoms with van der Waals surface area (Å²) < 4.78 is 5.71. The number of carboxylic acids is 1. The number of nitrogens with one attached hydrogen (secondary N) is 2. The largest absolute Gasteiger partial charge is 0.489 e. The van der Waals surface area contributed by atoms with Crippen LogP contribution in [-0.2, 0) is 11.4 Å². The van der Waals surface area contributed by atoms with Gasteiger partial charge >= 0.3 is 12.0 Å². The van der Waals surface area contributed by atoms with Gasteiger partial charge in [0.05, 0.1) is 6.54 Å². The Morgan fingerprint density at radius 1 is 1.17 bits per heavy atom. The molecule has 8 heteroatoms. The number of ether oxygens (including phenoxy) is 1. The van der Waals surface area contributed by atoms with Crippen LogP contribution < -0.4 is 15.4 Å². The van der Waals surface area contributed by atoms with Gasteiger partial charge in [0.25, 0.3) is 0 Å². The molecule has 0 atom stereocenters. The highest BCUT2D eigenvalue weighted by atomic mass is 16.5. The molecule has 2 aromatic rings. The molecule has 1 heterocycles. The number of carbonyl (C=O) groups is 2. The van der Waals surface area contributed by atoms with Crippen LogP contribution in [0.5, 0.6) is 5.75 Å². The number of carbonyl (C=O) groups excluding carboxylic acids is 1. The average Bonchev–Trinajstić information content (AvgIpc) is 2.69. The average molecular weight is 398 g/mol. The minimum Gasteiger partial charge on any atom is -0.489 e. The maximum Gasteiger partial charge on any atom is 0.319 e. The van der Waals surface area contributed by atoms with Crippen LogP contribution in [0.15, 0.2) is 48.8 Å². The third-order valence-electron chi connectivity index (χ3n) is 4.98. The molecule has 1 aliphatic carbocycles. The lowest BCUT2D eigenvalue weighted by Gasteiger charge is -2.42. The van der Waals surface area contributed by atoms with Crippen LogP contribution in [0.1, 0.15) is 25.3 Å². The summed E-state index contributed by atoms with van der Waals surface area (Å²) in [6.45, 7) is 3.12. The smallest absolute Gasteiger partial charge is 0.319 e. The monoisotopic (exact) mass is 398 g/mol. The summed E-state index contributed by atoms with van der Waals surface area (Å²) >= 11 is 0. The van der Waals surface area contributed by atoms with Crippen LogP contribution >= 0.6 is 0 Å². The van der Waals surface area contributed by atoms with Gasteiger partial charge in [0.15, 0.2) is 0 Å². The summed E-state index contributed by atoms with van der Waals surface area (Å²) in [5, 5.41) is 14.7. The van der Waals surface area contributed by atoms with Gasteiger partial charge in [-0.2, -0.15) is 0 Å². The van der Waals surface area contributed by atoms with Gasteiger partial charge in [0.1, 0.15) is 12.4 Å². The van der Waals surface area contributed by atoms with E-state index in [1.807, 2.05) is 24.0 Å². The molecule has 2 amide bonds. The fraction of sp³-hybridized carbons (Fsp3) is 0.381. The molecule has 1 aliphatic rings. The second-order valence-corrected chi connectivity index (χ2v) is 7.05. The summed E-state index contributed by atoms with van der Waals surface area (Å²) in [5.74, 6) is -0.109. The maximum atomic E-state index is 12.2. The molecule has 1 saturated carbocycles. The number of benzene rings is 1. The Kier molecular flexibility index (Phi) is 7.02.